The fourth-order valence-corrected chi connectivity index (χ4v) is 3.58. The van der Waals surface area contributed by atoms with Crippen LogP contribution in [0.2, 0.25) is 0 Å². The average molecular weight is 383 g/mol. The highest BCUT2D eigenvalue weighted by Gasteiger charge is 2.28. The Morgan fingerprint density at radius 3 is 2.43 bits per heavy atom. The largest absolute Gasteiger partial charge is 0.481 e. The van der Waals surface area contributed by atoms with Gasteiger partial charge in [0.1, 0.15) is 0 Å². The minimum absolute atomic E-state index is 0.0547. The number of amides is 2. The molecule has 23 heavy (non-hydrogen) atoms. The first-order valence-electron chi connectivity index (χ1n) is 7.90. The lowest BCUT2D eigenvalue weighted by Gasteiger charge is -2.31. The normalized spacial score (nSPS) is 22.2. The number of carboxylic acids is 1. The van der Waals surface area contributed by atoms with Gasteiger partial charge < -0.3 is 15.3 Å². The molecule has 0 bridgehead atoms. The van der Waals surface area contributed by atoms with Crippen LogP contribution < -0.4 is 5.32 Å². The summed E-state index contributed by atoms with van der Waals surface area (Å²) in [5.74, 6) is -0.991. The second-order valence-corrected chi connectivity index (χ2v) is 7.00. The van der Waals surface area contributed by atoms with Gasteiger partial charge in [-0.05, 0) is 44.2 Å². The van der Waals surface area contributed by atoms with Crippen LogP contribution in [0.4, 0.5) is 4.79 Å². The summed E-state index contributed by atoms with van der Waals surface area (Å²) < 4.78 is 0.981. The summed E-state index contributed by atoms with van der Waals surface area (Å²) in [5, 5.41) is 12.0. The molecule has 2 amide bonds. The van der Waals surface area contributed by atoms with Crippen LogP contribution in [-0.2, 0) is 4.79 Å². The van der Waals surface area contributed by atoms with Gasteiger partial charge in [0.25, 0.3) is 0 Å². The van der Waals surface area contributed by atoms with E-state index in [1.807, 2.05) is 31.2 Å². The standard InChI is InChI=1S/C17H23BrN2O3/c1-11(14-5-3-4-6-15(14)18)20(2)17(23)19-13-9-7-12(8-10-13)16(21)22/h3-6,11-13H,7-10H2,1-2H3,(H,19,23)(H,21,22). The molecule has 2 rings (SSSR count). The van der Waals surface area contributed by atoms with Crippen molar-refractivity contribution in [1.82, 2.24) is 10.2 Å². The maximum atomic E-state index is 12.4. The van der Waals surface area contributed by atoms with Gasteiger partial charge in [-0.15, -0.1) is 0 Å². The van der Waals surface area contributed by atoms with E-state index in [0.717, 1.165) is 22.9 Å². The smallest absolute Gasteiger partial charge is 0.317 e. The quantitative estimate of drug-likeness (QED) is 0.831. The van der Waals surface area contributed by atoms with Gasteiger partial charge in [-0.2, -0.15) is 0 Å². The number of nitrogens with one attached hydrogen (secondary N) is 1. The number of carbonyl (C=O) groups is 2. The molecule has 1 aromatic rings. The molecule has 0 aromatic heterocycles. The molecule has 0 saturated heterocycles. The average Bonchev–Trinajstić information content (AvgIpc) is 2.54. The van der Waals surface area contributed by atoms with Crippen molar-refractivity contribution in [1.29, 1.82) is 0 Å². The number of halogens is 1. The Labute approximate surface area is 145 Å². The molecule has 1 saturated carbocycles. The molecule has 1 aliphatic rings. The zero-order chi connectivity index (χ0) is 17.0. The zero-order valence-corrected chi connectivity index (χ0v) is 15.0. The lowest BCUT2D eigenvalue weighted by molar-refractivity contribution is -0.142. The van der Waals surface area contributed by atoms with Gasteiger partial charge in [-0.3, -0.25) is 4.79 Å². The van der Waals surface area contributed by atoms with Gasteiger partial charge >= 0.3 is 12.0 Å². The highest BCUT2D eigenvalue weighted by Crippen LogP contribution is 2.28. The second-order valence-electron chi connectivity index (χ2n) is 6.14. The predicted molar refractivity (Wildman–Crippen MR) is 92.2 cm³/mol. The molecular formula is C17H23BrN2O3. The Kier molecular flexibility index (Phi) is 6.04. The van der Waals surface area contributed by atoms with Crippen LogP contribution >= 0.6 is 15.9 Å². The lowest BCUT2D eigenvalue weighted by Crippen LogP contribution is -2.45. The molecule has 1 aliphatic carbocycles. The fraction of sp³-hybridized carbons (Fsp3) is 0.529. The molecule has 1 unspecified atom stereocenters. The molecule has 126 valence electrons. The monoisotopic (exact) mass is 382 g/mol. The summed E-state index contributed by atoms with van der Waals surface area (Å²) in [6.07, 6.45) is 2.70. The zero-order valence-electron chi connectivity index (χ0n) is 13.5. The van der Waals surface area contributed by atoms with E-state index in [2.05, 4.69) is 21.2 Å². The third-order valence-electron chi connectivity index (χ3n) is 4.66. The minimum atomic E-state index is -0.727. The number of hydrogen-bond acceptors (Lipinski definition) is 2. The van der Waals surface area contributed by atoms with E-state index in [1.165, 1.54) is 0 Å². The van der Waals surface area contributed by atoms with Crippen LogP contribution in [0.25, 0.3) is 0 Å². The SMILES string of the molecule is CC(c1ccccc1Br)N(C)C(=O)NC1CCC(C(=O)O)CC1. The predicted octanol–water partition coefficient (Wildman–Crippen LogP) is 3.79. The molecule has 0 spiro atoms. The Morgan fingerprint density at radius 1 is 1.26 bits per heavy atom. The number of urea groups is 1. The number of nitrogens with zero attached hydrogens (tertiary/aromatic N) is 1. The van der Waals surface area contributed by atoms with Gasteiger partial charge in [0, 0.05) is 17.6 Å². The topological polar surface area (TPSA) is 69.6 Å². The van der Waals surface area contributed by atoms with Crippen LogP contribution in [0.5, 0.6) is 0 Å². The van der Waals surface area contributed by atoms with Crippen molar-refractivity contribution in [2.24, 2.45) is 5.92 Å². The lowest BCUT2D eigenvalue weighted by atomic mass is 9.86. The van der Waals surface area contributed by atoms with Crippen LogP contribution in [0, 0.1) is 5.92 Å². The molecule has 2 N–H and O–H groups in total. The fourth-order valence-electron chi connectivity index (χ4n) is 2.96. The molecule has 0 aliphatic heterocycles. The third-order valence-corrected chi connectivity index (χ3v) is 5.38. The van der Waals surface area contributed by atoms with Crippen molar-refractivity contribution in [3.63, 3.8) is 0 Å². The van der Waals surface area contributed by atoms with Crippen LogP contribution in [0.1, 0.15) is 44.2 Å². The van der Waals surface area contributed by atoms with E-state index in [9.17, 15) is 9.59 Å². The molecule has 6 heteroatoms. The Hall–Kier alpha value is -1.56. The first-order chi connectivity index (χ1) is 10.9. The number of aliphatic carboxylic acids is 1. The van der Waals surface area contributed by atoms with Crippen molar-refractivity contribution in [2.45, 2.75) is 44.7 Å². The van der Waals surface area contributed by atoms with Gasteiger partial charge in [0.05, 0.1) is 12.0 Å². The summed E-state index contributed by atoms with van der Waals surface area (Å²) in [6, 6.07) is 7.75. The summed E-state index contributed by atoms with van der Waals surface area (Å²) in [6.45, 7) is 1.99. The maximum absolute atomic E-state index is 12.4. The first-order valence-corrected chi connectivity index (χ1v) is 8.70. The van der Waals surface area contributed by atoms with E-state index >= 15 is 0 Å². The summed E-state index contributed by atoms with van der Waals surface area (Å²) in [7, 11) is 1.78. The van der Waals surface area contributed by atoms with E-state index in [-0.39, 0.29) is 24.0 Å². The molecule has 1 atom stereocenters. The van der Waals surface area contributed by atoms with Crippen molar-refractivity contribution in [3.05, 3.63) is 34.3 Å². The number of rotatable bonds is 4. The molecule has 0 heterocycles. The molecule has 5 nitrogen and oxygen atoms in total. The Bertz CT molecular complexity index is 571. The Morgan fingerprint density at radius 2 is 1.87 bits per heavy atom. The first kappa shape index (κ1) is 17.8. The van der Waals surface area contributed by atoms with Gasteiger partial charge in [0.15, 0.2) is 0 Å². The second kappa shape index (κ2) is 7.81. The van der Waals surface area contributed by atoms with Crippen molar-refractivity contribution >= 4 is 27.9 Å². The number of carbonyl (C=O) groups excluding carboxylic acids is 1. The third kappa shape index (κ3) is 4.47. The summed E-state index contributed by atoms with van der Waals surface area (Å²) in [4.78, 5) is 25.1. The molecule has 1 aromatic carbocycles. The minimum Gasteiger partial charge on any atom is -0.481 e. The molecule has 1 fully saturated rings. The Balaban J connectivity index is 1.91. The number of carboxylic acid groups (broad SMARTS) is 1. The van der Waals surface area contributed by atoms with Gasteiger partial charge in [-0.1, -0.05) is 34.1 Å². The highest BCUT2D eigenvalue weighted by atomic mass is 79.9. The highest BCUT2D eigenvalue weighted by molar-refractivity contribution is 9.10. The van der Waals surface area contributed by atoms with Crippen molar-refractivity contribution < 1.29 is 14.7 Å². The van der Waals surface area contributed by atoms with E-state index in [4.69, 9.17) is 5.11 Å². The van der Waals surface area contributed by atoms with Crippen molar-refractivity contribution in [2.75, 3.05) is 7.05 Å². The number of benzene rings is 1. The summed E-state index contributed by atoms with van der Waals surface area (Å²) in [5.41, 5.74) is 1.06. The maximum Gasteiger partial charge on any atom is 0.317 e. The van der Waals surface area contributed by atoms with Gasteiger partial charge in [-0.25, -0.2) is 4.79 Å². The van der Waals surface area contributed by atoms with Crippen molar-refractivity contribution in [3.8, 4) is 0 Å². The van der Waals surface area contributed by atoms with E-state index < -0.39 is 5.97 Å². The number of hydrogen-bond donors (Lipinski definition) is 2. The van der Waals surface area contributed by atoms with E-state index in [0.29, 0.717) is 12.8 Å². The van der Waals surface area contributed by atoms with Crippen LogP contribution in [-0.4, -0.2) is 35.1 Å². The van der Waals surface area contributed by atoms with E-state index in [1.54, 1.807) is 11.9 Å². The molecular weight excluding hydrogens is 360 g/mol. The van der Waals surface area contributed by atoms with Crippen LogP contribution in [0.3, 0.4) is 0 Å². The van der Waals surface area contributed by atoms with Crippen LogP contribution in [0.15, 0.2) is 28.7 Å². The van der Waals surface area contributed by atoms with Gasteiger partial charge in [0.2, 0.25) is 0 Å². The summed E-state index contributed by atoms with van der Waals surface area (Å²) >= 11 is 3.52. The molecule has 0 radical (unpaired) electrons.